The Bertz CT molecular complexity index is 678. The summed E-state index contributed by atoms with van der Waals surface area (Å²) in [6, 6.07) is 1.87. The Morgan fingerprint density at radius 1 is 1.26 bits per heavy atom. The first-order chi connectivity index (χ1) is 10.6. The molecule has 0 aliphatic heterocycles. The van der Waals surface area contributed by atoms with Crippen LogP contribution in [0.3, 0.4) is 0 Å². The second-order valence-corrected chi connectivity index (χ2v) is 7.30. The van der Waals surface area contributed by atoms with Crippen molar-refractivity contribution in [3.63, 3.8) is 0 Å². The summed E-state index contributed by atoms with van der Waals surface area (Å²) < 4.78 is 34.9. The highest BCUT2D eigenvalue weighted by Gasteiger charge is 2.22. The van der Waals surface area contributed by atoms with Crippen LogP contribution in [0.15, 0.2) is 6.07 Å². The van der Waals surface area contributed by atoms with Crippen molar-refractivity contribution in [2.24, 2.45) is 5.92 Å². The molecule has 23 heavy (non-hydrogen) atoms. The Morgan fingerprint density at radius 3 is 2.39 bits per heavy atom. The van der Waals surface area contributed by atoms with Crippen LogP contribution in [-0.2, 0) is 26.1 Å². The van der Waals surface area contributed by atoms with E-state index in [1.165, 1.54) is 0 Å². The topological polar surface area (TPSA) is 101 Å². The van der Waals surface area contributed by atoms with Gasteiger partial charge in [-0.1, -0.05) is 13.0 Å². The molecule has 6 nitrogen and oxygen atoms in total. The minimum Gasteiger partial charge on any atom is -0.507 e. The van der Waals surface area contributed by atoms with Crippen LogP contribution in [0.2, 0.25) is 0 Å². The van der Waals surface area contributed by atoms with Crippen LogP contribution in [0, 0.1) is 26.7 Å². The van der Waals surface area contributed by atoms with Gasteiger partial charge in [0.15, 0.2) is 0 Å². The summed E-state index contributed by atoms with van der Waals surface area (Å²) >= 11 is 0. The van der Waals surface area contributed by atoms with Crippen molar-refractivity contribution in [3.05, 3.63) is 28.3 Å². The molecule has 1 aromatic carbocycles. The molecule has 0 amide bonds. The maximum Gasteiger partial charge on any atom is 0.309 e. The fourth-order valence-electron chi connectivity index (χ4n) is 2.53. The lowest BCUT2D eigenvalue weighted by Crippen LogP contribution is -2.23. The zero-order valence-electron chi connectivity index (χ0n) is 13.9. The Balaban J connectivity index is 2.85. The van der Waals surface area contributed by atoms with Crippen LogP contribution < -0.4 is 0 Å². The van der Waals surface area contributed by atoms with Crippen molar-refractivity contribution in [1.82, 2.24) is 0 Å². The lowest BCUT2D eigenvalue weighted by molar-refractivity contribution is -0.148. The summed E-state index contributed by atoms with van der Waals surface area (Å²) in [4.78, 5) is 12.1. The van der Waals surface area contributed by atoms with Crippen molar-refractivity contribution in [3.8, 4) is 5.75 Å². The summed E-state index contributed by atoms with van der Waals surface area (Å²) in [5.74, 6) is -1.33. The Morgan fingerprint density at radius 2 is 1.87 bits per heavy atom. The van der Waals surface area contributed by atoms with Crippen LogP contribution in [0.5, 0.6) is 5.75 Å². The molecule has 1 unspecified atom stereocenters. The summed E-state index contributed by atoms with van der Waals surface area (Å²) in [5.41, 5.74) is 3.41. The zero-order chi connectivity index (χ0) is 17.8. The SMILES string of the molecule is CCC(Cc1c(C)cc(C)c(O)c1C)C(=O)OCCS(=O)(=O)O. The molecular formula is C16H24O6S. The maximum absolute atomic E-state index is 12.1. The molecule has 0 fully saturated rings. The summed E-state index contributed by atoms with van der Waals surface area (Å²) in [7, 11) is -4.15. The summed E-state index contributed by atoms with van der Waals surface area (Å²) in [6.45, 7) is 7.02. The van der Waals surface area contributed by atoms with Crippen LogP contribution in [-0.4, -0.2) is 36.4 Å². The van der Waals surface area contributed by atoms with Gasteiger partial charge in [0.25, 0.3) is 10.1 Å². The number of carbonyl (C=O) groups excluding carboxylic acids is 1. The molecule has 2 N–H and O–H groups in total. The van der Waals surface area contributed by atoms with Crippen LogP contribution in [0.4, 0.5) is 0 Å². The van der Waals surface area contributed by atoms with Gasteiger partial charge in [0.05, 0.1) is 5.92 Å². The molecule has 1 aromatic rings. The van der Waals surface area contributed by atoms with Crippen molar-refractivity contribution in [1.29, 1.82) is 0 Å². The summed E-state index contributed by atoms with van der Waals surface area (Å²) in [5, 5.41) is 10.1. The van der Waals surface area contributed by atoms with Gasteiger partial charge < -0.3 is 9.84 Å². The van der Waals surface area contributed by atoms with Gasteiger partial charge in [-0.15, -0.1) is 0 Å². The van der Waals surface area contributed by atoms with Gasteiger partial charge in [0, 0.05) is 0 Å². The van der Waals surface area contributed by atoms with Crippen molar-refractivity contribution in [2.45, 2.75) is 40.5 Å². The average molecular weight is 344 g/mol. The lowest BCUT2D eigenvalue weighted by Gasteiger charge is -2.19. The van der Waals surface area contributed by atoms with E-state index < -0.39 is 27.8 Å². The number of benzene rings is 1. The van der Waals surface area contributed by atoms with Gasteiger partial charge in [0.1, 0.15) is 18.1 Å². The van der Waals surface area contributed by atoms with E-state index >= 15 is 0 Å². The van der Waals surface area contributed by atoms with Crippen molar-refractivity contribution >= 4 is 16.1 Å². The second kappa shape index (κ2) is 7.79. The molecule has 1 atom stereocenters. The van der Waals surface area contributed by atoms with Crippen molar-refractivity contribution < 1.29 is 27.6 Å². The van der Waals surface area contributed by atoms with Crippen LogP contribution in [0.25, 0.3) is 0 Å². The predicted molar refractivity (Wildman–Crippen MR) is 87.2 cm³/mol. The van der Waals surface area contributed by atoms with E-state index in [0.717, 1.165) is 22.3 Å². The standard InChI is InChI=1S/C16H24O6S/c1-5-13(16(18)22-6-7-23(19,20)21)9-14-10(2)8-11(3)15(17)12(14)4/h8,13,17H,5-7,9H2,1-4H3,(H,19,20,21). The van der Waals surface area contributed by atoms with E-state index in [9.17, 15) is 18.3 Å². The fraction of sp³-hybridized carbons (Fsp3) is 0.562. The third-order valence-corrected chi connectivity index (χ3v) is 4.64. The number of aryl methyl sites for hydroxylation is 2. The van der Waals surface area contributed by atoms with Crippen LogP contribution >= 0.6 is 0 Å². The minimum atomic E-state index is -4.15. The van der Waals surface area contributed by atoms with E-state index in [4.69, 9.17) is 9.29 Å². The number of hydrogen-bond donors (Lipinski definition) is 2. The second-order valence-electron chi connectivity index (χ2n) is 5.73. The van der Waals surface area contributed by atoms with Gasteiger partial charge in [-0.2, -0.15) is 8.42 Å². The van der Waals surface area contributed by atoms with E-state index in [0.29, 0.717) is 12.8 Å². The first-order valence-corrected chi connectivity index (χ1v) is 9.08. The van der Waals surface area contributed by atoms with Gasteiger partial charge >= 0.3 is 5.97 Å². The maximum atomic E-state index is 12.1. The van der Waals surface area contributed by atoms with Gasteiger partial charge in [-0.25, -0.2) is 0 Å². The Labute approximate surface area is 137 Å². The molecule has 0 aliphatic carbocycles. The number of rotatable bonds is 7. The number of phenolic OH excluding ortho intramolecular Hbond substituents is 1. The molecule has 0 saturated carbocycles. The zero-order valence-corrected chi connectivity index (χ0v) is 14.7. The molecule has 7 heteroatoms. The number of aromatic hydroxyl groups is 1. The smallest absolute Gasteiger partial charge is 0.309 e. The lowest BCUT2D eigenvalue weighted by atomic mass is 9.89. The number of carbonyl (C=O) groups is 1. The van der Waals surface area contributed by atoms with E-state index in [1.807, 2.05) is 26.8 Å². The normalized spacial score (nSPS) is 12.9. The summed E-state index contributed by atoms with van der Waals surface area (Å²) in [6.07, 6.45) is 0.935. The molecule has 0 radical (unpaired) electrons. The van der Waals surface area contributed by atoms with E-state index in [-0.39, 0.29) is 12.4 Å². The van der Waals surface area contributed by atoms with Gasteiger partial charge in [-0.3, -0.25) is 9.35 Å². The minimum absolute atomic E-state index is 0.222. The van der Waals surface area contributed by atoms with Gasteiger partial charge in [-0.05, 0) is 55.9 Å². The molecule has 0 aromatic heterocycles. The molecule has 0 saturated heterocycles. The molecule has 0 spiro atoms. The Kier molecular flexibility index (Phi) is 6.58. The number of ether oxygens (including phenoxy) is 1. The molecule has 130 valence electrons. The molecule has 0 aliphatic rings. The average Bonchev–Trinajstić information content (AvgIpc) is 2.43. The van der Waals surface area contributed by atoms with E-state index in [1.54, 1.807) is 6.92 Å². The molecule has 0 heterocycles. The quantitative estimate of drug-likeness (QED) is 0.581. The number of esters is 1. The first-order valence-electron chi connectivity index (χ1n) is 7.47. The third-order valence-electron chi connectivity index (χ3n) is 3.95. The Hall–Kier alpha value is -1.60. The number of phenols is 1. The fourth-order valence-corrected chi connectivity index (χ4v) is 2.83. The first kappa shape index (κ1) is 19.4. The molecular weight excluding hydrogens is 320 g/mol. The third kappa shape index (κ3) is 5.51. The van der Waals surface area contributed by atoms with Crippen molar-refractivity contribution in [2.75, 3.05) is 12.4 Å². The highest BCUT2D eigenvalue weighted by Crippen LogP contribution is 2.30. The highest BCUT2D eigenvalue weighted by atomic mass is 32.2. The molecule has 1 rings (SSSR count). The largest absolute Gasteiger partial charge is 0.507 e. The highest BCUT2D eigenvalue weighted by molar-refractivity contribution is 7.85. The molecule has 0 bridgehead atoms. The van der Waals surface area contributed by atoms with Gasteiger partial charge in [0.2, 0.25) is 0 Å². The van der Waals surface area contributed by atoms with Crippen LogP contribution in [0.1, 0.15) is 35.6 Å². The van der Waals surface area contributed by atoms with E-state index in [2.05, 4.69) is 0 Å². The monoisotopic (exact) mass is 344 g/mol. The number of hydrogen-bond acceptors (Lipinski definition) is 5. The predicted octanol–water partition coefficient (Wildman–Crippen LogP) is 2.32.